The molecule has 4 rings (SSSR count). The lowest BCUT2D eigenvalue weighted by Crippen LogP contribution is -2.38. The summed E-state index contributed by atoms with van der Waals surface area (Å²) in [6.07, 6.45) is 4.70. The number of carboxylic acid groups (broad SMARTS) is 1. The first-order chi connectivity index (χ1) is 17.9. The van der Waals surface area contributed by atoms with Crippen molar-refractivity contribution in [2.75, 3.05) is 6.54 Å². The number of benzene rings is 2. The minimum atomic E-state index is -1.01. The predicted molar refractivity (Wildman–Crippen MR) is 139 cm³/mol. The summed E-state index contributed by atoms with van der Waals surface area (Å²) in [6.45, 7) is 0.430. The van der Waals surface area contributed by atoms with Crippen molar-refractivity contribution in [3.63, 3.8) is 0 Å². The van der Waals surface area contributed by atoms with Crippen LogP contribution in [-0.2, 0) is 22.4 Å². The molecule has 0 saturated heterocycles. The van der Waals surface area contributed by atoms with Gasteiger partial charge in [0.15, 0.2) is 0 Å². The van der Waals surface area contributed by atoms with Gasteiger partial charge in [-0.15, -0.1) is 0 Å². The summed E-state index contributed by atoms with van der Waals surface area (Å²) in [7, 11) is 0. The first kappa shape index (κ1) is 25.9. The molecule has 0 radical (unpaired) electrons. The molecule has 6 N–H and O–H groups in total. The maximum atomic E-state index is 13.2. The third-order valence-electron chi connectivity index (χ3n) is 6.91. The van der Waals surface area contributed by atoms with Gasteiger partial charge in [-0.1, -0.05) is 54.6 Å². The number of amides is 3. The van der Waals surface area contributed by atoms with Gasteiger partial charge in [-0.3, -0.25) is 9.59 Å². The van der Waals surface area contributed by atoms with Crippen molar-refractivity contribution in [2.45, 2.75) is 44.6 Å². The number of carbonyl (C=O) groups is 3. The Balaban J connectivity index is 1.45. The van der Waals surface area contributed by atoms with Crippen LogP contribution in [0.5, 0.6) is 0 Å². The lowest BCUT2D eigenvalue weighted by Gasteiger charge is -2.29. The number of aromatic nitrogens is 2. The molecule has 1 fully saturated rings. The molecule has 0 aliphatic heterocycles. The molecule has 1 aliphatic carbocycles. The van der Waals surface area contributed by atoms with Crippen molar-refractivity contribution in [1.29, 1.82) is 0 Å². The molecule has 1 aromatic heterocycles. The van der Waals surface area contributed by atoms with Crippen molar-refractivity contribution in [3.8, 4) is 11.3 Å². The highest BCUT2D eigenvalue weighted by Gasteiger charge is 2.29. The Morgan fingerprint density at radius 2 is 1.70 bits per heavy atom. The molecule has 2 aromatic carbocycles. The van der Waals surface area contributed by atoms with Crippen molar-refractivity contribution in [2.24, 2.45) is 17.6 Å². The molecule has 3 amide bonds. The molecule has 1 aliphatic rings. The molecular formula is C28H33N5O4. The summed E-state index contributed by atoms with van der Waals surface area (Å²) < 4.78 is 0. The van der Waals surface area contributed by atoms with E-state index in [4.69, 9.17) is 15.8 Å². The van der Waals surface area contributed by atoms with Gasteiger partial charge in [-0.2, -0.15) is 0 Å². The van der Waals surface area contributed by atoms with E-state index in [0.717, 1.165) is 48.1 Å². The maximum Gasteiger partial charge on any atom is 0.404 e. The molecular weight excluding hydrogens is 470 g/mol. The zero-order valence-electron chi connectivity index (χ0n) is 20.7. The van der Waals surface area contributed by atoms with Crippen molar-refractivity contribution >= 4 is 17.9 Å². The van der Waals surface area contributed by atoms with E-state index in [0.29, 0.717) is 18.8 Å². The Morgan fingerprint density at radius 3 is 2.35 bits per heavy atom. The third kappa shape index (κ3) is 7.42. The number of aromatic amines is 1. The van der Waals surface area contributed by atoms with E-state index < -0.39 is 6.09 Å². The summed E-state index contributed by atoms with van der Waals surface area (Å²) in [5, 5.41) is 14.5. The zero-order valence-corrected chi connectivity index (χ0v) is 20.7. The van der Waals surface area contributed by atoms with Crippen molar-refractivity contribution < 1.29 is 19.5 Å². The summed E-state index contributed by atoms with van der Waals surface area (Å²) in [6, 6.07) is 17.2. The van der Waals surface area contributed by atoms with Gasteiger partial charge in [0.25, 0.3) is 0 Å². The topological polar surface area (TPSA) is 150 Å². The van der Waals surface area contributed by atoms with E-state index >= 15 is 0 Å². The number of H-pyrrole nitrogens is 1. The summed E-state index contributed by atoms with van der Waals surface area (Å²) in [5.41, 5.74) is 8.86. The second-order valence-electron chi connectivity index (χ2n) is 9.67. The van der Waals surface area contributed by atoms with Crippen molar-refractivity contribution in [3.05, 3.63) is 77.7 Å². The van der Waals surface area contributed by atoms with Gasteiger partial charge in [0.2, 0.25) is 11.8 Å². The monoisotopic (exact) mass is 503 g/mol. The smallest absolute Gasteiger partial charge is 0.404 e. The average molecular weight is 504 g/mol. The standard InChI is InChI=1S/C28H33N5O4/c29-25(34)15-19-6-10-21(11-7-19)24-17-30-26(32-24)23(14-18-4-2-1-3-5-18)33-27(35)22-12-8-20(9-13-22)16-31-28(36)37/h1-7,10-11,17,20,22-23,31H,8-9,12-16H2,(H2,29,34)(H,30,32)(H,33,35)(H,36,37). The van der Waals surface area contributed by atoms with E-state index in [1.807, 2.05) is 60.8 Å². The fourth-order valence-corrected chi connectivity index (χ4v) is 4.87. The molecule has 9 heteroatoms. The van der Waals surface area contributed by atoms with Gasteiger partial charge in [0.1, 0.15) is 5.82 Å². The molecule has 1 atom stereocenters. The highest BCUT2D eigenvalue weighted by atomic mass is 16.4. The number of nitrogens with zero attached hydrogens (tertiary/aromatic N) is 1. The van der Waals surface area contributed by atoms with Crippen LogP contribution in [0.4, 0.5) is 4.79 Å². The van der Waals surface area contributed by atoms with Crippen LogP contribution >= 0.6 is 0 Å². The second kappa shape index (κ2) is 12.2. The molecule has 1 saturated carbocycles. The Morgan fingerprint density at radius 1 is 1.00 bits per heavy atom. The van der Waals surface area contributed by atoms with E-state index in [-0.39, 0.29) is 36.1 Å². The molecule has 9 nitrogen and oxygen atoms in total. The third-order valence-corrected chi connectivity index (χ3v) is 6.91. The molecule has 3 aromatic rings. The van der Waals surface area contributed by atoms with Gasteiger partial charge in [-0.25, -0.2) is 9.78 Å². The number of rotatable bonds is 10. The maximum absolute atomic E-state index is 13.2. The number of carbonyl (C=O) groups excluding carboxylic acids is 2. The molecule has 1 unspecified atom stereocenters. The van der Waals surface area contributed by atoms with Gasteiger partial charge >= 0.3 is 6.09 Å². The Hall–Kier alpha value is -4.14. The van der Waals surface area contributed by atoms with Crippen LogP contribution < -0.4 is 16.4 Å². The zero-order chi connectivity index (χ0) is 26.2. The van der Waals surface area contributed by atoms with Crippen LogP contribution in [-0.4, -0.2) is 39.5 Å². The number of imidazole rings is 1. The Bertz CT molecular complexity index is 1200. The predicted octanol–water partition coefficient (Wildman–Crippen LogP) is 3.58. The summed E-state index contributed by atoms with van der Waals surface area (Å²) in [5.74, 6) is 0.459. The molecule has 194 valence electrons. The van der Waals surface area contributed by atoms with E-state index in [9.17, 15) is 14.4 Å². The Labute approximate surface area is 215 Å². The number of nitrogens with one attached hydrogen (secondary N) is 3. The van der Waals surface area contributed by atoms with Crippen LogP contribution in [0.3, 0.4) is 0 Å². The molecule has 37 heavy (non-hydrogen) atoms. The van der Waals surface area contributed by atoms with Gasteiger partial charge in [0, 0.05) is 24.2 Å². The van der Waals surface area contributed by atoms with Crippen molar-refractivity contribution in [1.82, 2.24) is 20.6 Å². The van der Waals surface area contributed by atoms with Crippen LogP contribution in [0.25, 0.3) is 11.3 Å². The van der Waals surface area contributed by atoms with Gasteiger partial charge < -0.3 is 26.5 Å². The second-order valence-corrected chi connectivity index (χ2v) is 9.67. The molecule has 0 spiro atoms. The molecule has 1 heterocycles. The first-order valence-electron chi connectivity index (χ1n) is 12.6. The highest BCUT2D eigenvalue weighted by Crippen LogP contribution is 2.30. The van der Waals surface area contributed by atoms with Gasteiger partial charge in [-0.05, 0) is 49.1 Å². The molecule has 0 bridgehead atoms. The number of primary amides is 1. The summed E-state index contributed by atoms with van der Waals surface area (Å²) >= 11 is 0. The largest absolute Gasteiger partial charge is 0.465 e. The van der Waals surface area contributed by atoms with Crippen LogP contribution in [0.15, 0.2) is 60.8 Å². The van der Waals surface area contributed by atoms with Crippen LogP contribution in [0.1, 0.15) is 48.7 Å². The highest BCUT2D eigenvalue weighted by molar-refractivity contribution is 5.79. The van der Waals surface area contributed by atoms with E-state index in [1.54, 1.807) is 0 Å². The van der Waals surface area contributed by atoms with Crippen LogP contribution in [0.2, 0.25) is 0 Å². The quantitative estimate of drug-likeness (QED) is 0.287. The SMILES string of the molecule is NC(=O)Cc1ccc(-c2c[nH]c(C(Cc3ccccc3)NC(=O)C3CCC(CNC(=O)O)CC3)n2)cc1. The first-order valence-corrected chi connectivity index (χ1v) is 12.6. The fourth-order valence-electron chi connectivity index (χ4n) is 4.87. The minimum absolute atomic E-state index is 0.000621. The lowest BCUT2D eigenvalue weighted by atomic mass is 9.81. The number of hydrogen-bond acceptors (Lipinski definition) is 4. The lowest BCUT2D eigenvalue weighted by molar-refractivity contribution is -0.127. The minimum Gasteiger partial charge on any atom is -0.465 e. The number of hydrogen-bond donors (Lipinski definition) is 5. The summed E-state index contributed by atoms with van der Waals surface area (Å²) in [4.78, 5) is 43.2. The van der Waals surface area contributed by atoms with Gasteiger partial charge in [0.05, 0.1) is 18.2 Å². The average Bonchev–Trinajstić information content (AvgIpc) is 3.38. The fraction of sp³-hybridized carbons (Fsp3) is 0.357. The Kier molecular flexibility index (Phi) is 8.56. The van der Waals surface area contributed by atoms with E-state index in [2.05, 4.69) is 15.6 Å². The normalized spacial score (nSPS) is 18.1. The van der Waals surface area contributed by atoms with E-state index in [1.165, 1.54) is 0 Å². The van der Waals surface area contributed by atoms with Crippen LogP contribution in [0, 0.1) is 11.8 Å². The number of nitrogens with two attached hydrogens (primary N) is 1.